The summed E-state index contributed by atoms with van der Waals surface area (Å²) in [5.74, 6) is -0.990. The average Bonchev–Trinajstić information content (AvgIpc) is 3.26. The Bertz CT molecular complexity index is 1190. The molecule has 1 amide bonds. The molecule has 9 nitrogen and oxygen atoms in total. The SMILES string of the molecule is CCOC(=O)c1csc(NC(=O)c2cccc(COc3cc(O)c(C(C)=O)cc3CC)n2)n1. The van der Waals surface area contributed by atoms with Crippen molar-refractivity contribution in [1.29, 1.82) is 0 Å². The van der Waals surface area contributed by atoms with E-state index in [0.29, 0.717) is 17.9 Å². The number of rotatable bonds is 9. The number of ketones is 1. The van der Waals surface area contributed by atoms with E-state index in [-0.39, 0.29) is 46.8 Å². The Kier molecular flexibility index (Phi) is 7.73. The zero-order valence-electron chi connectivity index (χ0n) is 18.4. The molecule has 2 heterocycles. The van der Waals surface area contributed by atoms with E-state index in [9.17, 15) is 19.5 Å². The molecule has 0 saturated carbocycles. The van der Waals surface area contributed by atoms with Crippen LogP contribution in [0.15, 0.2) is 35.7 Å². The summed E-state index contributed by atoms with van der Waals surface area (Å²) in [5.41, 5.74) is 1.77. The molecular weight excluding hydrogens is 446 g/mol. The van der Waals surface area contributed by atoms with Crippen molar-refractivity contribution in [3.63, 3.8) is 0 Å². The van der Waals surface area contributed by atoms with Crippen LogP contribution in [0.5, 0.6) is 11.5 Å². The van der Waals surface area contributed by atoms with Crippen LogP contribution in [0.2, 0.25) is 0 Å². The number of thiazole rings is 1. The minimum absolute atomic E-state index is 0.0528. The molecule has 0 spiro atoms. The third-order valence-corrected chi connectivity index (χ3v) is 5.32. The number of nitrogens with one attached hydrogen (secondary N) is 1. The molecular formula is C23H23N3O6S. The van der Waals surface area contributed by atoms with Crippen molar-refractivity contribution < 1.29 is 29.0 Å². The van der Waals surface area contributed by atoms with E-state index in [0.717, 1.165) is 16.9 Å². The van der Waals surface area contributed by atoms with Gasteiger partial charge in [-0.3, -0.25) is 14.9 Å². The van der Waals surface area contributed by atoms with Crippen LogP contribution in [0.3, 0.4) is 0 Å². The molecule has 0 atom stereocenters. The first kappa shape index (κ1) is 23.9. The molecule has 2 N–H and O–H groups in total. The number of Topliss-reactive ketones (excluding diaryl/α,β-unsaturated/α-hetero) is 1. The maximum atomic E-state index is 12.6. The number of pyridine rings is 1. The summed E-state index contributed by atoms with van der Waals surface area (Å²) in [4.78, 5) is 44.3. The number of aromatic hydroxyl groups is 1. The highest BCUT2D eigenvalue weighted by molar-refractivity contribution is 7.14. The number of phenolic OH excluding ortho intramolecular Hbond substituents is 1. The molecule has 10 heteroatoms. The number of phenols is 1. The van der Waals surface area contributed by atoms with Gasteiger partial charge in [-0.1, -0.05) is 13.0 Å². The predicted octanol–water partition coefficient (Wildman–Crippen LogP) is 4.02. The number of hydrogen-bond acceptors (Lipinski definition) is 9. The molecule has 0 saturated heterocycles. The van der Waals surface area contributed by atoms with Crippen LogP contribution in [0.4, 0.5) is 5.13 Å². The van der Waals surface area contributed by atoms with Crippen molar-refractivity contribution in [2.75, 3.05) is 11.9 Å². The molecule has 0 aliphatic heterocycles. The Morgan fingerprint density at radius 3 is 2.61 bits per heavy atom. The van der Waals surface area contributed by atoms with E-state index in [1.165, 1.54) is 18.4 Å². The number of hydrogen-bond donors (Lipinski definition) is 2. The fourth-order valence-electron chi connectivity index (χ4n) is 2.94. The quantitative estimate of drug-likeness (QED) is 0.355. The highest BCUT2D eigenvalue weighted by Crippen LogP contribution is 2.30. The Morgan fingerprint density at radius 1 is 1.12 bits per heavy atom. The van der Waals surface area contributed by atoms with Crippen LogP contribution < -0.4 is 10.1 Å². The summed E-state index contributed by atoms with van der Waals surface area (Å²) >= 11 is 1.10. The lowest BCUT2D eigenvalue weighted by atomic mass is 10.0. The van der Waals surface area contributed by atoms with E-state index >= 15 is 0 Å². The van der Waals surface area contributed by atoms with E-state index in [2.05, 4.69) is 15.3 Å². The van der Waals surface area contributed by atoms with Gasteiger partial charge in [-0.25, -0.2) is 14.8 Å². The summed E-state index contributed by atoms with van der Waals surface area (Å²) in [7, 11) is 0. The van der Waals surface area contributed by atoms with Gasteiger partial charge >= 0.3 is 5.97 Å². The van der Waals surface area contributed by atoms with Crippen LogP contribution in [0.1, 0.15) is 63.4 Å². The number of benzene rings is 1. The number of carbonyl (C=O) groups excluding carboxylic acids is 3. The molecule has 33 heavy (non-hydrogen) atoms. The van der Waals surface area contributed by atoms with E-state index in [4.69, 9.17) is 9.47 Å². The summed E-state index contributed by atoms with van der Waals surface area (Å²) in [6.45, 7) is 5.29. The van der Waals surface area contributed by atoms with Gasteiger partial charge in [0.05, 0.1) is 17.9 Å². The first-order chi connectivity index (χ1) is 15.8. The lowest BCUT2D eigenvalue weighted by molar-refractivity contribution is 0.0520. The first-order valence-electron chi connectivity index (χ1n) is 10.2. The lowest BCUT2D eigenvalue weighted by Crippen LogP contribution is -2.15. The number of ether oxygens (including phenoxy) is 2. The van der Waals surface area contributed by atoms with Crippen molar-refractivity contribution in [2.45, 2.75) is 33.8 Å². The van der Waals surface area contributed by atoms with Gasteiger partial charge in [0.25, 0.3) is 5.91 Å². The van der Waals surface area contributed by atoms with Crippen LogP contribution in [-0.2, 0) is 17.8 Å². The molecule has 1 aromatic carbocycles. The number of amides is 1. The fourth-order valence-corrected chi connectivity index (χ4v) is 3.61. The van der Waals surface area contributed by atoms with Crippen molar-refractivity contribution in [1.82, 2.24) is 9.97 Å². The summed E-state index contributed by atoms with van der Waals surface area (Å²) in [6.07, 6.45) is 0.605. The van der Waals surface area contributed by atoms with Gasteiger partial charge in [0.2, 0.25) is 0 Å². The molecule has 3 aromatic rings. The number of nitrogens with zero attached hydrogens (tertiary/aromatic N) is 2. The highest BCUT2D eigenvalue weighted by Gasteiger charge is 2.16. The molecule has 2 aromatic heterocycles. The molecule has 0 bridgehead atoms. The monoisotopic (exact) mass is 469 g/mol. The maximum Gasteiger partial charge on any atom is 0.357 e. The largest absolute Gasteiger partial charge is 0.507 e. The zero-order chi connectivity index (χ0) is 24.0. The third kappa shape index (κ3) is 5.92. The van der Waals surface area contributed by atoms with Crippen LogP contribution in [0, 0.1) is 0 Å². The Morgan fingerprint density at radius 2 is 1.91 bits per heavy atom. The summed E-state index contributed by atoms with van der Waals surface area (Å²) in [5, 5.41) is 14.5. The van der Waals surface area contributed by atoms with Gasteiger partial charge in [-0.05, 0) is 44.0 Å². The van der Waals surface area contributed by atoms with Crippen LogP contribution >= 0.6 is 11.3 Å². The number of esters is 1. The number of aromatic nitrogens is 2. The van der Waals surface area contributed by atoms with Gasteiger partial charge in [0.1, 0.15) is 23.8 Å². The second-order valence-electron chi connectivity index (χ2n) is 6.90. The zero-order valence-corrected chi connectivity index (χ0v) is 19.2. The van der Waals surface area contributed by atoms with E-state index in [1.807, 2.05) is 6.92 Å². The third-order valence-electron chi connectivity index (χ3n) is 4.56. The van der Waals surface area contributed by atoms with Gasteiger partial charge in [-0.2, -0.15) is 0 Å². The molecule has 0 radical (unpaired) electrons. The Labute approximate surface area is 194 Å². The maximum absolute atomic E-state index is 12.6. The van der Waals surface area contributed by atoms with E-state index < -0.39 is 11.9 Å². The topological polar surface area (TPSA) is 128 Å². The second kappa shape index (κ2) is 10.7. The highest BCUT2D eigenvalue weighted by atomic mass is 32.1. The fraction of sp³-hybridized carbons (Fsp3) is 0.261. The average molecular weight is 470 g/mol. The first-order valence-corrected chi connectivity index (χ1v) is 11.1. The molecule has 0 fully saturated rings. The van der Waals surface area contributed by atoms with Gasteiger partial charge in [-0.15, -0.1) is 11.3 Å². The molecule has 3 rings (SSSR count). The van der Waals surface area contributed by atoms with Crippen molar-refractivity contribution in [3.05, 3.63) is 63.9 Å². The number of anilines is 1. The van der Waals surface area contributed by atoms with E-state index in [1.54, 1.807) is 31.2 Å². The lowest BCUT2D eigenvalue weighted by Gasteiger charge is -2.13. The van der Waals surface area contributed by atoms with Crippen LogP contribution in [-0.4, -0.2) is 39.3 Å². The smallest absolute Gasteiger partial charge is 0.357 e. The molecule has 172 valence electrons. The summed E-state index contributed by atoms with van der Waals surface area (Å²) in [6, 6.07) is 7.94. The molecule has 0 aliphatic carbocycles. The Balaban J connectivity index is 1.69. The second-order valence-corrected chi connectivity index (χ2v) is 7.76. The van der Waals surface area contributed by atoms with Crippen LogP contribution in [0.25, 0.3) is 0 Å². The van der Waals surface area contributed by atoms with Crippen molar-refractivity contribution >= 4 is 34.1 Å². The number of aryl methyl sites for hydroxylation is 1. The molecule has 0 unspecified atom stereocenters. The van der Waals surface area contributed by atoms with Gasteiger partial charge in [0.15, 0.2) is 16.6 Å². The predicted molar refractivity (Wildman–Crippen MR) is 122 cm³/mol. The Hall–Kier alpha value is -3.79. The normalized spacial score (nSPS) is 10.5. The molecule has 0 aliphatic rings. The minimum Gasteiger partial charge on any atom is -0.507 e. The van der Waals surface area contributed by atoms with Gasteiger partial charge in [0, 0.05) is 11.4 Å². The van der Waals surface area contributed by atoms with Gasteiger partial charge < -0.3 is 14.6 Å². The minimum atomic E-state index is -0.555. The van der Waals surface area contributed by atoms with Crippen molar-refractivity contribution in [3.8, 4) is 11.5 Å². The van der Waals surface area contributed by atoms with Crippen molar-refractivity contribution in [2.24, 2.45) is 0 Å². The standard InChI is InChI=1S/C23H23N3O6S/c1-4-14-9-16(13(3)27)19(28)10-20(14)32-11-15-7-6-8-17(24-15)21(29)26-23-25-18(12-33-23)22(30)31-5-2/h6-10,12,28H,4-5,11H2,1-3H3,(H,25,26,29). The number of carbonyl (C=O) groups is 3. The summed E-state index contributed by atoms with van der Waals surface area (Å²) < 4.78 is 10.7.